The average molecular weight is 442 g/mol. The third-order valence-corrected chi connectivity index (χ3v) is 6.30. The van der Waals surface area contributed by atoms with Crippen LogP contribution in [-0.4, -0.2) is 46.4 Å². The van der Waals surface area contributed by atoms with E-state index in [2.05, 4.69) is 4.90 Å². The number of nitro benzene ring substituents is 1. The number of thioether (sulfide) groups is 1. The number of rotatable bonds is 5. The number of morpholine rings is 1. The average Bonchev–Trinajstić information content (AvgIpc) is 3.02. The van der Waals surface area contributed by atoms with Crippen LogP contribution in [0.25, 0.3) is 6.08 Å². The molecule has 0 N–H and O–H groups in total. The lowest BCUT2D eigenvalue weighted by atomic mass is 10.1. The van der Waals surface area contributed by atoms with Gasteiger partial charge in [-0.05, 0) is 17.7 Å². The van der Waals surface area contributed by atoms with Gasteiger partial charge in [-0.25, -0.2) is 0 Å². The van der Waals surface area contributed by atoms with Crippen LogP contribution in [0.3, 0.4) is 0 Å². The number of nitro groups is 1. The van der Waals surface area contributed by atoms with Crippen molar-refractivity contribution in [1.82, 2.24) is 4.90 Å². The van der Waals surface area contributed by atoms with Crippen molar-refractivity contribution >= 4 is 51.7 Å². The van der Waals surface area contributed by atoms with Crippen LogP contribution >= 0.6 is 24.0 Å². The van der Waals surface area contributed by atoms with Crippen LogP contribution in [0.1, 0.15) is 11.1 Å². The molecule has 2 saturated heterocycles. The molecule has 2 fully saturated rings. The van der Waals surface area contributed by atoms with Crippen LogP contribution in [0.15, 0.2) is 53.4 Å². The minimum absolute atomic E-state index is 0.0157. The predicted molar refractivity (Wildman–Crippen MR) is 121 cm³/mol. The summed E-state index contributed by atoms with van der Waals surface area (Å²) in [5.41, 5.74) is 2.45. The second-order valence-electron chi connectivity index (χ2n) is 6.85. The number of thiocarbonyl (C=S) groups is 1. The monoisotopic (exact) mass is 441 g/mol. The molecule has 2 aromatic carbocycles. The summed E-state index contributed by atoms with van der Waals surface area (Å²) >= 11 is 6.65. The lowest BCUT2D eigenvalue weighted by Crippen LogP contribution is -2.36. The maximum absolute atomic E-state index is 13.0. The Morgan fingerprint density at radius 3 is 2.60 bits per heavy atom. The molecule has 0 aromatic heterocycles. The van der Waals surface area contributed by atoms with Crippen LogP contribution in [-0.2, 0) is 16.1 Å². The Morgan fingerprint density at radius 2 is 1.90 bits per heavy atom. The third kappa shape index (κ3) is 4.38. The van der Waals surface area contributed by atoms with E-state index < -0.39 is 4.92 Å². The van der Waals surface area contributed by atoms with Crippen molar-refractivity contribution in [1.29, 1.82) is 0 Å². The molecule has 154 valence electrons. The molecular weight excluding hydrogens is 422 g/mol. The van der Waals surface area contributed by atoms with Crippen molar-refractivity contribution in [3.8, 4) is 0 Å². The van der Waals surface area contributed by atoms with Gasteiger partial charge in [0.2, 0.25) is 0 Å². The zero-order valence-electron chi connectivity index (χ0n) is 16.0. The Morgan fingerprint density at radius 1 is 1.17 bits per heavy atom. The molecule has 1 amide bonds. The zero-order valence-corrected chi connectivity index (χ0v) is 17.7. The Labute approximate surface area is 183 Å². The minimum atomic E-state index is -0.430. The lowest BCUT2D eigenvalue weighted by Gasteiger charge is -2.30. The molecular formula is C21H19N3O4S2. The van der Waals surface area contributed by atoms with E-state index in [9.17, 15) is 14.9 Å². The first-order valence-corrected chi connectivity index (χ1v) is 10.7. The standard InChI is InChI=1S/C21H19N3O4S2/c25-20-19(30-21(29)23(20)14-15-4-2-1-3-5-15)13-16-12-17(24(26)27)6-7-18(16)22-8-10-28-11-9-22/h1-7,12-13H,8-11,14H2/b19-13+. The highest BCUT2D eigenvalue weighted by Gasteiger charge is 2.32. The van der Waals surface area contributed by atoms with Crippen molar-refractivity contribution in [2.45, 2.75) is 6.54 Å². The summed E-state index contributed by atoms with van der Waals surface area (Å²) in [6, 6.07) is 14.4. The number of carbonyl (C=O) groups is 1. The second-order valence-corrected chi connectivity index (χ2v) is 8.53. The minimum Gasteiger partial charge on any atom is -0.378 e. The van der Waals surface area contributed by atoms with Crippen molar-refractivity contribution in [3.05, 3.63) is 74.7 Å². The fourth-order valence-corrected chi connectivity index (χ4v) is 4.65. The van der Waals surface area contributed by atoms with Crippen molar-refractivity contribution in [3.63, 3.8) is 0 Å². The van der Waals surface area contributed by atoms with Gasteiger partial charge in [0, 0.05) is 36.5 Å². The molecule has 0 aliphatic carbocycles. The number of benzene rings is 2. The maximum Gasteiger partial charge on any atom is 0.270 e. The number of hydrogen-bond donors (Lipinski definition) is 0. The molecule has 2 aliphatic heterocycles. The van der Waals surface area contributed by atoms with Gasteiger partial charge in [-0.2, -0.15) is 0 Å². The normalized spacial score (nSPS) is 18.3. The van der Waals surface area contributed by atoms with E-state index in [0.29, 0.717) is 47.6 Å². The first-order chi connectivity index (χ1) is 14.5. The summed E-state index contributed by atoms with van der Waals surface area (Å²) < 4.78 is 5.89. The van der Waals surface area contributed by atoms with Gasteiger partial charge in [0.15, 0.2) is 0 Å². The summed E-state index contributed by atoms with van der Waals surface area (Å²) in [4.78, 5) is 28.0. The number of nitrogens with zero attached hydrogens (tertiary/aromatic N) is 3. The van der Waals surface area contributed by atoms with Crippen molar-refractivity contribution in [2.24, 2.45) is 0 Å². The van der Waals surface area contributed by atoms with E-state index in [1.54, 1.807) is 17.0 Å². The fourth-order valence-electron chi connectivity index (χ4n) is 3.41. The molecule has 2 aromatic rings. The number of ether oxygens (including phenoxy) is 1. The number of anilines is 1. The molecule has 0 unspecified atom stereocenters. The van der Waals surface area contributed by atoms with Crippen LogP contribution in [0.5, 0.6) is 0 Å². The SMILES string of the molecule is O=C1/C(=C\c2cc([N+](=O)[O-])ccc2N2CCOCC2)SC(=S)N1Cc1ccccc1. The molecule has 9 heteroatoms. The van der Waals surface area contributed by atoms with E-state index in [1.165, 1.54) is 23.9 Å². The Kier molecular flexibility index (Phi) is 6.12. The van der Waals surface area contributed by atoms with E-state index in [1.807, 2.05) is 30.3 Å². The quantitative estimate of drug-likeness (QED) is 0.302. The van der Waals surface area contributed by atoms with Crippen LogP contribution in [0.4, 0.5) is 11.4 Å². The molecule has 30 heavy (non-hydrogen) atoms. The number of non-ortho nitro benzene ring substituents is 1. The van der Waals surface area contributed by atoms with Crippen LogP contribution < -0.4 is 4.90 Å². The molecule has 2 heterocycles. The number of hydrogen-bond acceptors (Lipinski definition) is 7. The van der Waals surface area contributed by atoms with Gasteiger partial charge in [0.1, 0.15) is 4.32 Å². The molecule has 0 spiro atoms. The zero-order chi connectivity index (χ0) is 21.1. The van der Waals surface area contributed by atoms with E-state index >= 15 is 0 Å². The summed E-state index contributed by atoms with van der Waals surface area (Å²) in [7, 11) is 0. The van der Waals surface area contributed by atoms with Gasteiger partial charge in [0.05, 0.1) is 29.6 Å². The summed E-state index contributed by atoms with van der Waals surface area (Å²) in [6.45, 7) is 2.96. The molecule has 7 nitrogen and oxygen atoms in total. The molecule has 0 bridgehead atoms. The highest BCUT2D eigenvalue weighted by atomic mass is 32.2. The van der Waals surface area contributed by atoms with E-state index in [0.717, 1.165) is 11.3 Å². The second kappa shape index (κ2) is 8.95. The first kappa shape index (κ1) is 20.5. The van der Waals surface area contributed by atoms with Crippen LogP contribution in [0.2, 0.25) is 0 Å². The topological polar surface area (TPSA) is 75.9 Å². The summed E-state index contributed by atoms with van der Waals surface area (Å²) in [5, 5.41) is 11.3. The van der Waals surface area contributed by atoms with Gasteiger partial charge >= 0.3 is 0 Å². The Hall–Kier alpha value is -2.75. The Bertz CT molecular complexity index is 1020. The maximum atomic E-state index is 13.0. The van der Waals surface area contributed by atoms with Gasteiger partial charge in [0.25, 0.3) is 11.6 Å². The van der Waals surface area contributed by atoms with Crippen molar-refractivity contribution in [2.75, 3.05) is 31.2 Å². The summed E-state index contributed by atoms with van der Waals surface area (Å²) in [5.74, 6) is -0.187. The molecule has 0 saturated carbocycles. The third-order valence-electron chi connectivity index (χ3n) is 4.92. The van der Waals surface area contributed by atoms with Gasteiger partial charge in [-0.1, -0.05) is 54.3 Å². The van der Waals surface area contributed by atoms with Crippen molar-refractivity contribution < 1.29 is 14.5 Å². The first-order valence-electron chi connectivity index (χ1n) is 9.43. The molecule has 4 rings (SSSR count). The van der Waals surface area contributed by atoms with E-state index in [4.69, 9.17) is 17.0 Å². The Balaban J connectivity index is 1.66. The largest absolute Gasteiger partial charge is 0.378 e. The van der Waals surface area contributed by atoms with Gasteiger partial charge in [-0.3, -0.25) is 19.8 Å². The predicted octanol–water partition coefficient (Wildman–Crippen LogP) is 3.83. The summed E-state index contributed by atoms with van der Waals surface area (Å²) in [6.07, 6.45) is 1.71. The van der Waals surface area contributed by atoms with Crippen LogP contribution in [0, 0.1) is 10.1 Å². The molecule has 0 radical (unpaired) electrons. The highest BCUT2D eigenvalue weighted by molar-refractivity contribution is 8.26. The van der Waals surface area contributed by atoms with Gasteiger partial charge in [-0.15, -0.1) is 0 Å². The lowest BCUT2D eigenvalue weighted by molar-refractivity contribution is -0.384. The molecule has 2 aliphatic rings. The number of amides is 1. The highest BCUT2D eigenvalue weighted by Crippen LogP contribution is 2.36. The van der Waals surface area contributed by atoms with E-state index in [-0.39, 0.29) is 11.6 Å². The van der Waals surface area contributed by atoms with Gasteiger partial charge < -0.3 is 9.64 Å². The smallest absolute Gasteiger partial charge is 0.270 e. The molecule has 0 atom stereocenters. The number of carbonyl (C=O) groups excluding carboxylic acids is 1. The fraction of sp³-hybridized carbons (Fsp3) is 0.238.